The molecule has 2 aliphatic rings. The Hall–Kier alpha value is -2.54. The molecule has 0 atom stereocenters. The summed E-state index contributed by atoms with van der Waals surface area (Å²) >= 11 is 1.83. The monoisotopic (exact) mass is 423 g/mol. The van der Waals surface area contributed by atoms with Gasteiger partial charge in [0.05, 0.1) is 17.6 Å². The van der Waals surface area contributed by atoms with E-state index in [1.807, 2.05) is 17.5 Å². The molecule has 0 amide bonds. The van der Waals surface area contributed by atoms with Gasteiger partial charge in [-0.15, -0.1) is 11.3 Å². The molecule has 0 spiro atoms. The van der Waals surface area contributed by atoms with E-state index in [0.717, 1.165) is 42.8 Å². The predicted octanol–water partition coefficient (Wildman–Crippen LogP) is 5.08. The maximum atomic E-state index is 14.0. The molecule has 30 heavy (non-hydrogen) atoms. The van der Waals surface area contributed by atoms with Crippen LogP contribution in [0, 0.1) is 5.82 Å². The van der Waals surface area contributed by atoms with Crippen LogP contribution in [0.3, 0.4) is 0 Å². The quantitative estimate of drug-likeness (QED) is 0.599. The minimum Gasteiger partial charge on any atom is -0.369 e. The zero-order chi connectivity index (χ0) is 20.5. The van der Waals surface area contributed by atoms with Crippen molar-refractivity contribution in [2.24, 2.45) is 0 Å². The van der Waals surface area contributed by atoms with E-state index >= 15 is 0 Å². The van der Waals surface area contributed by atoms with Gasteiger partial charge in [-0.2, -0.15) is 0 Å². The van der Waals surface area contributed by atoms with E-state index in [-0.39, 0.29) is 5.82 Å². The van der Waals surface area contributed by atoms with E-state index in [0.29, 0.717) is 24.3 Å². The summed E-state index contributed by atoms with van der Waals surface area (Å²) in [5.74, 6) is 0.745. The van der Waals surface area contributed by atoms with Crippen molar-refractivity contribution in [1.29, 1.82) is 0 Å². The van der Waals surface area contributed by atoms with Gasteiger partial charge in [0.15, 0.2) is 0 Å². The van der Waals surface area contributed by atoms with Crippen LogP contribution in [0.1, 0.15) is 48.2 Å². The largest absolute Gasteiger partial charge is 0.369 e. The van der Waals surface area contributed by atoms with Crippen LogP contribution >= 0.6 is 11.3 Å². The number of nitrogens with zero attached hydrogens (tertiary/aromatic N) is 4. The molecule has 2 aliphatic carbocycles. The molecule has 7 heteroatoms. The van der Waals surface area contributed by atoms with Gasteiger partial charge in [0, 0.05) is 23.2 Å². The van der Waals surface area contributed by atoms with Gasteiger partial charge in [0.1, 0.15) is 22.8 Å². The number of halogens is 1. The lowest BCUT2D eigenvalue weighted by molar-refractivity contribution is 0.201. The smallest absolute Gasteiger partial charge is 0.146 e. The molecule has 0 radical (unpaired) electrons. The van der Waals surface area contributed by atoms with Crippen LogP contribution in [0.15, 0.2) is 37.4 Å². The number of rotatable bonds is 6. The van der Waals surface area contributed by atoms with Crippen molar-refractivity contribution in [3.63, 3.8) is 0 Å². The number of fused-ring (bicyclic) bond motifs is 3. The number of nitrogens with one attached hydrogen (secondary N) is 1. The van der Waals surface area contributed by atoms with E-state index in [1.54, 1.807) is 18.6 Å². The molecule has 1 saturated carbocycles. The lowest BCUT2D eigenvalue weighted by Crippen LogP contribution is -2.37. The van der Waals surface area contributed by atoms with Crippen molar-refractivity contribution in [1.82, 2.24) is 19.9 Å². The van der Waals surface area contributed by atoms with Crippen LogP contribution in [-0.4, -0.2) is 31.9 Å². The first-order valence-electron chi connectivity index (χ1n) is 10.7. The van der Waals surface area contributed by atoms with Gasteiger partial charge in [0.25, 0.3) is 0 Å². The molecule has 156 valence electrons. The van der Waals surface area contributed by atoms with Gasteiger partial charge in [0.2, 0.25) is 0 Å². The second-order valence-corrected chi connectivity index (χ2v) is 9.28. The highest BCUT2D eigenvalue weighted by atomic mass is 32.1. The average molecular weight is 424 g/mol. The zero-order valence-corrected chi connectivity index (χ0v) is 17.8. The molecule has 0 bridgehead atoms. The van der Waals surface area contributed by atoms with Crippen molar-refractivity contribution in [3.8, 4) is 0 Å². The molecule has 5 nitrogen and oxygen atoms in total. The molecule has 0 unspecified atom stereocenters. The summed E-state index contributed by atoms with van der Waals surface area (Å²) in [4.78, 5) is 18.0. The normalized spacial score (nSPS) is 20.8. The zero-order valence-electron chi connectivity index (χ0n) is 17.0. The van der Waals surface area contributed by atoms with Gasteiger partial charge in [-0.3, -0.25) is 4.98 Å². The highest BCUT2D eigenvalue weighted by molar-refractivity contribution is 7.19. The molecule has 1 fully saturated rings. The molecule has 3 aromatic heterocycles. The van der Waals surface area contributed by atoms with Crippen molar-refractivity contribution in [2.75, 3.05) is 5.32 Å². The topological polar surface area (TPSA) is 53.9 Å². The Morgan fingerprint density at radius 3 is 2.87 bits per heavy atom. The van der Waals surface area contributed by atoms with Gasteiger partial charge >= 0.3 is 0 Å². The molecule has 3 heterocycles. The summed E-state index contributed by atoms with van der Waals surface area (Å²) in [6.07, 6.45) is 12.9. The lowest BCUT2D eigenvalue weighted by atomic mass is 9.90. The Morgan fingerprint density at radius 2 is 2.07 bits per heavy atom. The number of aryl methyl sites for hydroxylation is 2. The summed E-state index contributed by atoms with van der Waals surface area (Å²) < 4.78 is 14.0. The summed E-state index contributed by atoms with van der Waals surface area (Å²) in [6.45, 7) is 4.42. The van der Waals surface area contributed by atoms with Crippen molar-refractivity contribution in [3.05, 3.63) is 59.4 Å². The first-order chi connectivity index (χ1) is 14.7. The van der Waals surface area contributed by atoms with E-state index in [9.17, 15) is 4.39 Å². The summed E-state index contributed by atoms with van der Waals surface area (Å²) in [5.41, 5.74) is 1.94. The van der Waals surface area contributed by atoms with Crippen molar-refractivity contribution < 1.29 is 4.39 Å². The highest BCUT2D eigenvalue weighted by Crippen LogP contribution is 2.39. The van der Waals surface area contributed by atoms with Crippen LogP contribution in [-0.2, 0) is 19.4 Å². The standard InChI is InChI=1S/C23H26FN5S/c1-2-29(13-19-18(24)6-4-12-25-19)16-10-8-15(9-11-16)28-22-21-17-5-3-7-20(17)30-23(21)27-14-26-22/h2,4,6,12,14-16H,1,3,5,7-11,13H2,(H,26,27,28). The third kappa shape index (κ3) is 3.67. The fourth-order valence-electron chi connectivity index (χ4n) is 4.83. The Kier molecular flexibility index (Phi) is 5.37. The lowest BCUT2D eigenvalue weighted by Gasteiger charge is -2.36. The molecule has 1 N–H and O–H groups in total. The molecule has 0 aromatic carbocycles. The SMILES string of the molecule is C=CN(Cc1ncccc1F)C1CCC(Nc2ncnc3sc4c(c23)CCC4)CC1. The Bertz CT molecular complexity index is 1060. The maximum absolute atomic E-state index is 14.0. The molecular weight excluding hydrogens is 397 g/mol. The number of hydrogen-bond donors (Lipinski definition) is 1. The van der Waals surface area contributed by atoms with Crippen molar-refractivity contribution in [2.45, 2.75) is 63.6 Å². The number of hydrogen-bond acceptors (Lipinski definition) is 6. The van der Waals surface area contributed by atoms with E-state index in [2.05, 4.69) is 31.7 Å². The van der Waals surface area contributed by atoms with Gasteiger partial charge in [-0.25, -0.2) is 14.4 Å². The number of pyridine rings is 1. The second kappa shape index (κ2) is 8.30. The number of thiophene rings is 1. The molecule has 0 aliphatic heterocycles. The Balaban J connectivity index is 1.25. The minimum absolute atomic E-state index is 0.254. The van der Waals surface area contributed by atoms with Gasteiger partial charge in [-0.05, 0) is 68.8 Å². The summed E-state index contributed by atoms with van der Waals surface area (Å²) in [5, 5.41) is 4.96. The predicted molar refractivity (Wildman–Crippen MR) is 119 cm³/mol. The first kappa shape index (κ1) is 19.4. The Morgan fingerprint density at radius 1 is 1.20 bits per heavy atom. The summed E-state index contributed by atoms with van der Waals surface area (Å²) in [7, 11) is 0. The van der Waals surface area contributed by atoms with Crippen molar-refractivity contribution >= 4 is 27.4 Å². The van der Waals surface area contributed by atoms with Crippen LogP contribution < -0.4 is 5.32 Å². The van der Waals surface area contributed by atoms with Crippen LogP contribution in [0.4, 0.5) is 10.2 Å². The molecule has 5 rings (SSSR count). The van der Waals surface area contributed by atoms with Crippen LogP contribution in [0.5, 0.6) is 0 Å². The third-order valence-electron chi connectivity index (χ3n) is 6.41. The molecule has 3 aromatic rings. The van der Waals surface area contributed by atoms with Crippen LogP contribution in [0.2, 0.25) is 0 Å². The van der Waals surface area contributed by atoms with E-state index in [1.165, 1.54) is 34.7 Å². The third-order valence-corrected chi connectivity index (χ3v) is 7.61. The van der Waals surface area contributed by atoms with E-state index < -0.39 is 0 Å². The second-order valence-electron chi connectivity index (χ2n) is 8.20. The van der Waals surface area contributed by atoms with Gasteiger partial charge < -0.3 is 10.2 Å². The maximum Gasteiger partial charge on any atom is 0.146 e. The first-order valence-corrected chi connectivity index (χ1v) is 11.5. The summed E-state index contributed by atoms with van der Waals surface area (Å²) in [6, 6.07) is 3.85. The highest BCUT2D eigenvalue weighted by Gasteiger charge is 2.27. The average Bonchev–Trinajstić information content (AvgIpc) is 3.35. The minimum atomic E-state index is -0.254. The fraction of sp³-hybridized carbons (Fsp3) is 0.435. The molecular formula is C23H26FN5S. The Labute approximate surface area is 180 Å². The fourth-order valence-corrected chi connectivity index (χ4v) is 6.06. The number of anilines is 1. The van der Waals surface area contributed by atoms with Crippen LogP contribution in [0.25, 0.3) is 10.2 Å². The van der Waals surface area contributed by atoms with E-state index in [4.69, 9.17) is 0 Å². The van der Waals surface area contributed by atoms with Gasteiger partial charge in [-0.1, -0.05) is 6.58 Å². The number of aromatic nitrogens is 3. The molecule has 0 saturated heterocycles.